The Bertz CT molecular complexity index is 344. The molecule has 0 radical (unpaired) electrons. The molecule has 5 nitrogen and oxygen atoms in total. The van der Waals surface area contributed by atoms with Crippen molar-refractivity contribution in [3.05, 3.63) is 24.5 Å². The first-order valence-electron chi connectivity index (χ1n) is 6.05. The highest BCUT2D eigenvalue weighted by molar-refractivity contribution is 5.17. The van der Waals surface area contributed by atoms with Gasteiger partial charge in [-0.05, 0) is 0 Å². The molecule has 0 aromatic carbocycles. The van der Waals surface area contributed by atoms with Crippen LogP contribution in [0.15, 0.2) is 19.0 Å². The van der Waals surface area contributed by atoms with Crippen LogP contribution < -0.4 is 5.32 Å². The van der Waals surface area contributed by atoms with Gasteiger partial charge in [0.15, 0.2) is 0 Å². The van der Waals surface area contributed by atoms with Crippen LogP contribution in [0.25, 0.3) is 6.20 Å². The smallest absolute Gasteiger partial charge is 0.0594 e. The van der Waals surface area contributed by atoms with Crippen LogP contribution in [0.3, 0.4) is 0 Å². The predicted molar refractivity (Wildman–Crippen MR) is 67.6 cm³/mol. The molecule has 1 N–H and O–H groups in total. The Kier molecular flexibility index (Phi) is 4.73. The monoisotopic (exact) mass is 236 g/mol. The van der Waals surface area contributed by atoms with Crippen molar-refractivity contribution in [2.75, 3.05) is 39.4 Å². The topological polar surface area (TPSA) is 42.3 Å². The average Bonchev–Trinajstić information content (AvgIpc) is 2.84. The number of nitrogens with zero attached hydrogens (tertiary/aromatic N) is 3. The second-order valence-corrected chi connectivity index (χ2v) is 4.14. The molecule has 1 aliphatic heterocycles. The summed E-state index contributed by atoms with van der Waals surface area (Å²) in [6.07, 6.45) is 5.54. The van der Waals surface area contributed by atoms with Gasteiger partial charge in [0.2, 0.25) is 0 Å². The van der Waals surface area contributed by atoms with Gasteiger partial charge in [-0.1, -0.05) is 6.58 Å². The summed E-state index contributed by atoms with van der Waals surface area (Å²) >= 11 is 0. The van der Waals surface area contributed by atoms with E-state index in [1.54, 1.807) is 10.9 Å². The Morgan fingerprint density at radius 3 is 3.00 bits per heavy atom. The minimum absolute atomic E-state index is 0.859. The predicted octanol–water partition coefficient (Wildman–Crippen LogP) is 0.405. The van der Waals surface area contributed by atoms with Crippen LogP contribution >= 0.6 is 0 Å². The number of ether oxygens (including phenoxy) is 1. The van der Waals surface area contributed by atoms with Crippen LogP contribution in [0.5, 0.6) is 0 Å². The average molecular weight is 236 g/mol. The number of hydrogen-bond donors (Lipinski definition) is 1. The Morgan fingerprint density at radius 1 is 1.47 bits per heavy atom. The van der Waals surface area contributed by atoms with E-state index in [2.05, 4.69) is 21.9 Å². The van der Waals surface area contributed by atoms with E-state index >= 15 is 0 Å². The standard InChI is InChI=1S/C12H20N4O/c1-2-16-11-12(10-14-16)9-13-3-4-15-5-7-17-8-6-15/h2,10-11,13H,1,3-9H2. The molecule has 0 bridgehead atoms. The van der Waals surface area contributed by atoms with Crippen molar-refractivity contribution >= 4 is 6.20 Å². The first-order valence-corrected chi connectivity index (χ1v) is 6.05. The molecule has 1 fully saturated rings. The maximum absolute atomic E-state index is 5.31. The van der Waals surface area contributed by atoms with E-state index in [1.807, 2.05) is 12.4 Å². The molecule has 0 spiro atoms. The summed E-state index contributed by atoms with van der Waals surface area (Å²) in [4.78, 5) is 2.42. The molecule has 2 rings (SSSR count). The van der Waals surface area contributed by atoms with Crippen molar-refractivity contribution in [3.63, 3.8) is 0 Å². The fourth-order valence-electron chi connectivity index (χ4n) is 1.86. The van der Waals surface area contributed by atoms with Gasteiger partial charge in [0.25, 0.3) is 0 Å². The second-order valence-electron chi connectivity index (χ2n) is 4.14. The first kappa shape index (κ1) is 12.3. The van der Waals surface area contributed by atoms with Crippen LogP contribution in [0.1, 0.15) is 5.56 Å². The van der Waals surface area contributed by atoms with Crippen molar-refractivity contribution in [2.45, 2.75) is 6.54 Å². The zero-order chi connectivity index (χ0) is 11.9. The lowest BCUT2D eigenvalue weighted by Crippen LogP contribution is -2.40. The number of nitrogens with one attached hydrogen (secondary N) is 1. The molecule has 0 saturated carbocycles. The van der Waals surface area contributed by atoms with Crippen LogP contribution in [0.2, 0.25) is 0 Å². The Hall–Kier alpha value is -1.17. The third-order valence-electron chi connectivity index (χ3n) is 2.88. The highest BCUT2D eigenvalue weighted by Gasteiger charge is 2.08. The summed E-state index contributed by atoms with van der Waals surface area (Å²) in [7, 11) is 0. The van der Waals surface area contributed by atoms with Gasteiger partial charge in [0.05, 0.1) is 19.4 Å². The number of hydrogen-bond acceptors (Lipinski definition) is 4. The Morgan fingerprint density at radius 2 is 2.29 bits per heavy atom. The minimum Gasteiger partial charge on any atom is -0.379 e. The molecular weight excluding hydrogens is 216 g/mol. The molecule has 0 atom stereocenters. The van der Waals surface area contributed by atoms with Crippen molar-refractivity contribution in [1.82, 2.24) is 20.0 Å². The van der Waals surface area contributed by atoms with E-state index in [0.29, 0.717) is 0 Å². The van der Waals surface area contributed by atoms with E-state index in [-0.39, 0.29) is 0 Å². The molecule has 1 saturated heterocycles. The molecule has 1 aliphatic rings. The van der Waals surface area contributed by atoms with E-state index in [1.165, 1.54) is 5.56 Å². The number of morpholine rings is 1. The van der Waals surface area contributed by atoms with E-state index in [0.717, 1.165) is 45.9 Å². The summed E-state index contributed by atoms with van der Waals surface area (Å²) in [5, 5.41) is 7.55. The van der Waals surface area contributed by atoms with Gasteiger partial charge >= 0.3 is 0 Å². The lowest BCUT2D eigenvalue weighted by atomic mass is 10.3. The summed E-state index contributed by atoms with van der Waals surface area (Å²) in [6, 6.07) is 0. The molecule has 2 heterocycles. The van der Waals surface area contributed by atoms with Crippen LogP contribution in [0.4, 0.5) is 0 Å². The van der Waals surface area contributed by atoms with Crippen LogP contribution in [0, 0.1) is 0 Å². The molecule has 17 heavy (non-hydrogen) atoms. The van der Waals surface area contributed by atoms with E-state index in [9.17, 15) is 0 Å². The Labute approximate surface area is 102 Å². The molecule has 94 valence electrons. The van der Waals surface area contributed by atoms with Crippen LogP contribution in [-0.2, 0) is 11.3 Å². The largest absolute Gasteiger partial charge is 0.379 e. The Balaban J connectivity index is 1.60. The molecule has 5 heteroatoms. The molecule has 0 amide bonds. The van der Waals surface area contributed by atoms with Gasteiger partial charge in [-0.2, -0.15) is 5.10 Å². The fraction of sp³-hybridized carbons (Fsp3) is 0.583. The van der Waals surface area contributed by atoms with Gasteiger partial charge in [-0.3, -0.25) is 4.90 Å². The van der Waals surface area contributed by atoms with Crippen molar-refractivity contribution < 1.29 is 4.74 Å². The third-order valence-corrected chi connectivity index (χ3v) is 2.88. The highest BCUT2D eigenvalue weighted by atomic mass is 16.5. The maximum Gasteiger partial charge on any atom is 0.0594 e. The second kappa shape index (κ2) is 6.54. The summed E-state index contributed by atoms with van der Waals surface area (Å²) in [5.41, 5.74) is 1.19. The lowest BCUT2D eigenvalue weighted by Gasteiger charge is -2.26. The molecule has 1 aromatic heterocycles. The molecule has 1 aromatic rings. The maximum atomic E-state index is 5.31. The normalized spacial score (nSPS) is 17.2. The number of rotatable bonds is 6. The SMILES string of the molecule is C=Cn1cc(CNCCN2CCOCC2)cn1. The highest BCUT2D eigenvalue weighted by Crippen LogP contribution is 1.98. The zero-order valence-electron chi connectivity index (χ0n) is 10.1. The first-order chi connectivity index (χ1) is 8.38. The van der Waals surface area contributed by atoms with Gasteiger partial charge < -0.3 is 10.1 Å². The van der Waals surface area contributed by atoms with Crippen molar-refractivity contribution in [2.24, 2.45) is 0 Å². The van der Waals surface area contributed by atoms with E-state index in [4.69, 9.17) is 4.74 Å². The fourth-order valence-corrected chi connectivity index (χ4v) is 1.86. The van der Waals surface area contributed by atoms with Gasteiger partial charge in [-0.25, -0.2) is 4.68 Å². The van der Waals surface area contributed by atoms with Crippen molar-refractivity contribution in [3.8, 4) is 0 Å². The van der Waals surface area contributed by atoms with Crippen molar-refractivity contribution in [1.29, 1.82) is 0 Å². The van der Waals surface area contributed by atoms with Gasteiger partial charge in [0, 0.05) is 50.7 Å². The summed E-state index contributed by atoms with van der Waals surface area (Å²) < 4.78 is 7.03. The number of aromatic nitrogens is 2. The zero-order valence-corrected chi connectivity index (χ0v) is 10.1. The summed E-state index contributed by atoms with van der Waals surface area (Å²) in [5.74, 6) is 0. The molecular formula is C12H20N4O. The third kappa shape index (κ3) is 3.96. The molecule has 0 unspecified atom stereocenters. The summed E-state index contributed by atoms with van der Waals surface area (Å²) in [6.45, 7) is 10.4. The lowest BCUT2D eigenvalue weighted by molar-refractivity contribution is 0.0384. The quantitative estimate of drug-likeness (QED) is 0.726. The van der Waals surface area contributed by atoms with Crippen LogP contribution in [-0.4, -0.2) is 54.1 Å². The minimum atomic E-state index is 0.859. The van der Waals surface area contributed by atoms with E-state index < -0.39 is 0 Å². The van der Waals surface area contributed by atoms with Gasteiger partial charge in [0.1, 0.15) is 0 Å². The molecule has 0 aliphatic carbocycles. The van der Waals surface area contributed by atoms with Gasteiger partial charge in [-0.15, -0.1) is 0 Å².